The third kappa shape index (κ3) is 0.725. The molecule has 68 valence electrons. The molecule has 1 heteroatoms. The Morgan fingerprint density at radius 3 is 2.25 bits per heavy atom. The molecule has 2 aliphatic rings. The van der Waals surface area contributed by atoms with Gasteiger partial charge < -0.3 is 0 Å². The second-order valence-corrected chi connectivity index (χ2v) is 5.25. The topological polar surface area (TPSA) is 17.1 Å². The highest BCUT2D eigenvalue weighted by atomic mass is 16.1. The summed E-state index contributed by atoms with van der Waals surface area (Å²) in [6, 6.07) is 0. The summed E-state index contributed by atoms with van der Waals surface area (Å²) < 4.78 is 0. The molecule has 0 heterocycles. The van der Waals surface area contributed by atoms with Gasteiger partial charge in [0.15, 0.2) is 0 Å². The molecule has 0 aromatic heterocycles. The highest BCUT2D eigenvalue weighted by Crippen LogP contribution is 2.58. The molecule has 0 radical (unpaired) electrons. The van der Waals surface area contributed by atoms with Crippen molar-refractivity contribution < 1.29 is 4.79 Å². The molecule has 12 heavy (non-hydrogen) atoms. The Kier molecular flexibility index (Phi) is 1.47. The van der Waals surface area contributed by atoms with Gasteiger partial charge in [0.2, 0.25) is 0 Å². The smallest absolute Gasteiger partial charge is 0.142 e. The van der Waals surface area contributed by atoms with Crippen LogP contribution in [0.25, 0.3) is 0 Å². The van der Waals surface area contributed by atoms with Crippen LogP contribution in [0.3, 0.4) is 0 Å². The predicted octanol–water partition coefficient (Wildman–Crippen LogP) is 2.50. The van der Waals surface area contributed by atoms with Crippen molar-refractivity contribution in [3.05, 3.63) is 0 Å². The minimum atomic E-state index is -0.0173. The molecular formula is C11H18O. The zero-order valence-corrected chi connectivity index (χ0v) is 8.42. The van der Waals surface area contributed by atoms with Crippen LogP contribution in [0.1, 0.15) is 34.1 Å². The van der Waals surface area contributed by atoms with Crippen LogP contribution in [-0.2, 0) is 4.79 Å². The molecule has 0 N–H and O–H groups in total. The summed E-state index contributed by atoms with van der Waals surface area (Å²) in [5.74, 6) is 2.96. The van der Waals surface area contributed by atoms with Crippen LogP contribution >= 0.6 is 0 Å². The first-order valence-electron chi connectivity index (χ1n) is 5.00. The molecule has 4 atom stereocenters. The van der Waals surface area contributed by atoms with Crippen molar-refractivity contribution in [1.29, 1.82) is 0 Å². The zero-order chi connectivity index (χ0) is 9.09. The Balaban J connectivity index is 2.36. The van der Waals surface area contributed by atoms with Crippen molar-refractivity contribution in [2.24, 2.45) is 29.1 Å². The van der Waals surface area contributed by atoms with Crippen LogP contribution in [0.4, 0.5) is 0 Å². The third-order valence-corrected chi connectivity index (χ3v) is 4.51. The largest absolute Gasteiger partial charge is 0.299 e. The van der Waals surface area contributed by atoms with E-state index in [1.165, 1.54) is 0 Å². The van der Waals surface area contributed by atoms with Gasteiger partial charge in [0.25, 0.3) is 0 Å². The van der Waals surface area contributed by atoms with Gasteiger partial charge in [-0.3, -0.25) is 4.79 Å². The molecule has 0 aromatic rings. The lowest BCUT2D eigenvalue weighted by molar-refractivity contribution is -0.133. The molecule has 0 aromatic carbocycles. The van der Waals surface area contributed by atoms with Crippen LogP contribution < -0.4 is 0 Å². The van der Waals surface area contributed by atoms with Crippen molar-refractivity contribution in [2.75, 3.05) is 0 Å². The average molecular weight is 166 g/mol. The summed E-state index contributed by atoms with van der Waals surface area (Å²) in [7, 11) is 0. The summed E-state index contributed by atoms with van der Waals surface area (Å²) >= 11 is 0. The minimum absolute atomic E-state index is 0.0173. The van der Waals surface area contributed by atoms with Gasteiger partial charge in [0.1, 0.15) is 5.78 Å². The van der Waals surface area contributed by atoms with E-state index >= 15 is 0 Å². The number of fused-ring (bicyclic) bond motifs is 2. The van der Waals surface area contributed by atoms with Gasteiger partial charge in [0.05, 0.1) is 0 Å². The van der Waals surface area contributed by atoms with Crippen LogP contribution in [0, 0.1) is 29.1 Å². The van der Waals surface area contributed by atoms with E-state index < -0.39 is 0 Å². The number of hydrogen-bond acceptors (Lipinski definition) is 1. The van der Waals surface area contributed by atoms with E-state index in [1.54, 1.807) is 0 Å². The van der Waals surface area contributed by atoms with E-state index in [1.807, 2.05) is 0 Å². The monoisotopic (exact) mass is 166 g/mol. The van der Waals surface area contributed by atoms with E-state index in [0.29, 0.717) is 23.5 Å². The Labute approximate surface area is 74.5 Å². The van der Waals surface area contributed by atoms with Gasteiger partial charge in [0, 0.05) is 11.3 Å². The molecule has 0 saturated heterocycles. The summed E-state index contributed by atoms with van der Waals surface area (Å²) in [5.41, 5.74) is -0.0173. The number of rotatable bonds is 0. The van der Waals surface area contributed by atoms with E-state index in [4.69, 9.17) is 0 Å². The summed E-state index contributed by atoms with van der Waals surface area (Å²) in [6.45, 7) is 8.80. The second-order valence-electron chi connectivity index (χ2n) is 5.25. The van der Waals surface area contributed by atoms with E-state index in [2.05, 4.69) is 27.7 Å². The number of ketones is 1. The summed E-state index contributed by atoms with van der Waals surface area (Å²) in [5, 5.41) is 0. The highest BCUT2D eigenvalue weighted by Gasteiger charge is 2.58. The Bertz CT molecular complexity index is 229. The van der Waals surface area contributed by atoms with Crippen molar-refractivity contribution in [1.82, 2.24) is 0 Å². The summed E-state index contributed by atoms with van der Waals surface area (Å²) in [6.07, 6.45) is 1.16. The first-order chi connectivity index (χ1) is 5.46. The lowest BCUT2D eigenvalue weighted by Crippen LogP contribution is -2.38. The van der Waals surface area contributed by atoms with E-state index in [-0.39, 0.29) is 5.41 Å². The zero-order valence-electron chi connectivity index (χ0n) is 8.42. The lowest BCUT2D eigenvalue weighted by Gasteiger charge is -2.36. The Hall–Kier alpha value is -0.330. The number of hydrogen-bond donors (Lipinski definition) is 0. The maximum Gasteiger partial charge on any atom is 0.142 e. The van der Waals surface area contributed by atoms with Crippen molar-refractivity contribution in [3.63, 3.8) is 0 Å². The predicted molar refractivity (Wildman–Crippen MR) is 48.7 cm³/mol. The third-order valence-electron chi connectivity index (χ3n) is 4.51. The molecular weight excluding hydrogens is 148 g/mol. The van der Waals surface area contributed by atoms with Crippen LogP contribution in [-0.4, -0.2) is 5.78 Å². The van der Waals surface area contributed by atoms with Gasteiger partial charge in [-0.25, -0.2) is 0 Å². The minimum Gasteiger partial charge on any atom is -0.299 e. The van der Waals surface area contributed by atoms with Crippen LogP contribution in [0.2, 0.25) is 0 Å². The van der Waals surface area contributed by atoms with Gasteiger partial charge in [-0.2, -0.15) is 0 Å². The first kappa shape index (κ1) is 8.28. The quantitative estimate of drug-likeness (QED) is 0.540. The Morgan fingerprint density at radius 2 is 1.83 bits per heavy atom. The summed E-state index contributed by atoms with van der Waals surface area (Å²) in [4.78, 5) is 11.8. The first-order valence-corrected chi connectivity index (χ1v) is 5.00. The molecule has 2 aliphatic carbocycles. The maximum absolute atomic E-state index is 11.8. The highest BCUT2D eigenvalue weighted by molar-refractivity contribution is 5.90. The van der Waals surface area contributed by atoms with E-state index in [0.717, 1.165) is 12.3 Å². The number of carbonyl (C=O) groups excluding carboxylic acids is 1. The number of Topliss-reactive ketones (excluding diaryl/α,β-unsaturated/α-hetero) is 1. The molecule has 2 fully saturated rings. The van der Waals surface area contributed by atoms with Gasteiger partial charge >= 0.3 is 0 Å². The average Bonchev–Trinajstić information content (AvgIpc) is 2.38. The fraction of sp³-hybridized carbons (Fsp3) is 0.909. The SMILES string of the molecule is C[C@@H]1[C@H](C)[C@H]2C[C@@H]1C(=O)C2(C)C. The standard InChI is InChI=1S/C11H18O/c1-6-7(2)9-5-8(6)10(12)11(9,3)4/h6-9H,5H2,1-4H3/t6-,7+,8+,9-/m1/s1. The molecule has 0 unspecified atom stereocenters. The normalized spacial score (nSPS) is 50.2. The lowest BCUT2D eigenvalue weighted by atomic mass is 9.67. The van der Waals surface area contributed by atoms with Crippen LogP contribution in [0.5, 0.6) is 0 Å². The van der Waals surface area contributed by atoms with Gasteiger partial charge in [-0.05, 0) is 24.2 Å². The second kappa shape index (κ2) is 2.12. The molecule has 0 spiro atoms. The fourth-order valence-electron chi connectivity index (χ4n) is 3.39. The molecule has 0 aliphatic heterocycles. The van der Waals surface area contributed by atoms with Gasteiger partial charge in [-0.15, -0.1) is 0 Å². The van der Waals surface area contributed by atoms with Crippen molar-refractivity contribution >= 4 is 5.78 Å². The van der Waals surface area contributed by atoms with Crippen LogP contribution in [0.15, 0.2) is 0 Å². The molecule has 2 saturated carbocycles. The van der Waals surface area contributed by atoms with Crippen molar-refractivity contribution in [3.8, 4) is 0 Å². The number of carbonyl (C=O) groups is 1. The van der Waals surface area contributed by atoms with Gasteiger partial charge in [-0.1, -0.05) is 27.7 Å². The van der Waals surface area contributed by atoms with E-state index in [9.17, 15) is 4.79 Å². The maximum atomic E-state index is 11.8. The molecule has 1 nitrogen and oxygen atoms in total. The fourth-order valence-corrected chi connectivity index (χ4v) is 3.39. The molecule has 2 rings (SSSR count). The van der Waals surface area contributed by atoms with Crippen molar-refractivity contribution in [2.45, 2.75) is 34.1 Å². The Morgan fingerprint density at radius 1 is 1.25 bits per heavy atom. The molecule has 2 bridgehead atoms. The molecule has 0 amide bonds.